The molecule has 2 aliphatic rings. The number of piperidine rings is 1. The van der Waals surface area contributed by atoms with Crippen molar-refractivity contribution in [3.63, 3.8) is 0 Å². The first-order chi connectivity index (χ1) is 11.0. The van der Waals surface area contributed by atoms with Crippen LogP contribution in [0.15, 0.2) is 30.3 Å². The van der Waals surface area contributed by atoms with Gasteiger partial charge in [0, 0.05) is 18.8 Å². The molecule has 2 heterocycles. The minimum Gasteiger partial charge on any atom is -0.311 e. The van der Waals surface area contributed by atoms with Gasteiger partial charge in [-0.3, -0.25) is 9.69 Å². The van der Waals surface area contributed by atoms with Crippen LogP contribution in [0.25, 0.3) is 0 Å². The van der Waals surface area contributed by atoms with Crippen molar-refractivity contribution in [2.75, 3.05) is 36.5 Å². The van der Waals surface area contributed by atoms with Gasteiger partial charge in [-0.05, 0) is 44.4 Å². The maximum absolute atomic E-state index is 12.8. The molecule has 3 rings (SSSR count). The monoisotopic (exact) mass is 336 g/mol. The summed E-state index contributed by atoms with van der Waals surface area (Å²) in [6.07, 6.45) is 2.53. The third-order valence-corrected chi connectivity index (χ3v) is 6.72. The number of nitrogens with zero attached hydrogens (tertiary/aromatic N) is 2. The minimum atomic E-state index is -2.86. The molecular weight excluding hydrogens is 312 g/mol. The fourth-order valence-corrected chi connectivity index (χ4v) is 5.53. The Morgan fingerprint density at radius 3 is 2.61 bits per heavy atom. The standard InChI is InChI=1S/C17H24N2O3S/c1-18(12-14-9-11-23(21,22)13-14)16-8-5-10-19(17(16)20)15-6-3-2-4-7-15/h2-4,6-7,14,16H,5,8-13H2,1H3/t14-,16+/m1/s1. The lowest BCUT2D eigenvalue weighted by Crippen LogP contribution is -2.52. The number of rotatable bonds is 4. The largest absolute Gasteiger partial charge is 0.311 e. The molecule has 2 fully saturated rings. The van der Waals surface area contributed by atoms with Gasteiger partial charge < -0.3 is 4.90 Å². The highest BCUT2D eigenvalue weighted by Gasteiger charge is 2.35. The number of sulfone groups is 1. The topological polar surface area (TPSA) is 57.7 Å². The third-order valence-electron chi connectivity index (χ3n) is 4.88. The predicted octanol–water partition coefficient (Wildman–Crippen LogP) is 1.55. The maximum atomic E-state index is 12.8. The van der Waals surface area contributed by atoms with Crippen molar-refractivity contribution < 1.29 is 13.2 Å². The second-order valence-electron chi connectivity index (χ2n) is 6.69. The highest BCUT2D eigenvalue weighted by molar-refractivity contribution is 7.91. The van der Waals surface area contributed by atoms with Crippen LogP contribution in [-0.2, 0) is 14.6 Å². The number of carbonyl (C=O) groups is 1. The van der Waals surface area contributed by atoms with Gasteiger partial charge in [-0.15, -0.1) is 0 Å². The Labute approximate surface area is 138 Å². The highest BCUT2D eigenvalue weighted by Crippen LogP contribution is 2.25. The molecule has 2 aliphatic heterocycles. The van der Waals surface area contributed by atoms with E-state index in [4.69, 9.17) is 0 Å². The zero-order chi connectivity index (χ0) is 16.4. The average Bonchev–Trinajstić information content (AvgIpc) is 2.87. The van der Waals surface area contributed by atoms with Crippen LogP contribution in [-0.4, -0.2) is 56.9 Å². The van der Waals surface area contributed by atoms with Gasteiger partial charge in [0.1, 0.15) is 0 Å². The van der Waals surface area contributed by atoms with Gasteiger partial charge in [0.05, 0.1) is 17.5 Å². The molecule has 1 aromatic carbocycles. The predicted molar refractivity (Wildman–Crippen MR) is 91.2 cm³/mol. The Morgan fingerprint density at radius 1 is 1.22 bits per heavy atom. The molecule has 126 valence electrons. The van der Waals surface area contributed by atoms with E-state index in [0.717, 1.165) is 31.5 Å². The van der Waals surface area contributed by atoms with E-state index in [1.807, 2.05) is 42.3 Å². The summed E-state index contributed by atoms with van der Waals surface area (Å²) in [6.45, 7) is 1.43. The minimum absolute atomic E-state index is 0.130. The number of amides is 1. The molecule has 0 radical (unpaired) electrons. The molecule has 0 unspecified atom stereocenters. The van der Waals surface area contributed by atoms with E-state index in [0.29, 0.717) is 12.3 Å². The van der Waals surface area contributed by atoms with E-state index in [9.17, 15) is 13.2 Å². The maximum Gasteiger partial charge on any atom is 0.244 e. The van der Waals surface area contributed by atoms with Gasteiger partial charge >= 0.3 is 0 Å². The number of hydrogen-bond acceptors (Lipinski definition) is 4. The summed E-state index contributed by atoms with van der Waals surface area (Å²) in [5.74, 6) is 0.844. The molecule has 0 saturated carbocycles. The lowest BCUT2D eigenvalue weighted by Gasteiger charge is -2.37. The summed E-state index contributed by atoms with van der Waals surface area (Å²) < 4.78 is 23.2. The zero-order valence-corrected chi connectivity index (χ0v) is 14.3. The van der Waals surface area contributed by atoms with Crippen molar-refractivity contribution in [2.45, 2.75) is 25.3 Å². The normalized spacial score (nSPS) is 27.6. The smallest absolute Gasteiger partial charge is 0.244 e. The molecule has 23 heavy (non-hydrogen) atoms. The second-order valence-corrected chi connectivity index (χ2v) is 8.92. The number of carbonyl (C=O) groups excluding carboxylic acids is 1. The van der Waals surface area contributed by atoms with Gasteiger partial charge in [0.15, 0.2) is 9.84 Å². The molecule has 0 spiro atoms. The molecule has 1 amide bonds. The molecule has 0 N–H and O–H groups in total. The fraction of sp³-hybridized carbons (Fsp3) is 0.588. The Balaban J connectivity index is 1.66. The third kappa shape index (κ3) is 3.75. The first kappa shape index (κ1) is 16.5. The van der Waals surface area contributed by atoms with Crippen molar-refractivity contribution >= 4 is 21.4 Å². The van der Waals surface area contributed by atoms with E-state index in [1.54, 1.807) is 0 Å². The van der Waals surface area contributed by atoms with E-state index < -0.39 is 9.84 Å². The van der Waals surface area contributed by atoms with Crippen LogP contribution in [0.1, 0.15) is 19.3 Å². The Kier molecular flexibility index (Phi) is 4.73. The summed E-state index contributed by atoms with van der Waals surface area (Å²) in [5.41, 5.74) is 0.944. The zero-order valence-electron chi connectivity index (χ0n) is 13.5. The van der Waals surface area contributed by atoms with Crippen LogP contribution in [0.4, 0.5) is 5.69 Å². The SMILES string of the molecule is CN(C[C@H]1CCS(=O)(=O)C1)[C@H]1CCCN(c2ccccc2)C1=O. The highest BCUT2D eigenvalue weighted by atomic mass is 32.2. The lowest BCUT2D eigenvalue weighted by molar-refractivity contribution is -0.125. The number of hydrogen-bond donors (Lipinski definition) is 0. The van der Waals surface area contributed by atoms with Gasteiger partial charge in [0.25, 0.3) is 0 Å². The van der Waals surface area contributed by atoms with Gasteiger partial charge in [0.2, 0.25) is 5.91 Å². The van der Waals surface area contributed by atoms with E-state index >= 15 is 0 Å². The first-order valence-corrected chi connectivity index (χ1v) is 10.1. The van der Waals surface area contributed by atoms with Crippen LogP contribution < -0.4 is 4.90 Å². The summed E-state index contributed by atoms with van der Waals surface area (Å²) in [4.78, 5) is 16.8. The number of likely N-dealkylation sites (N-methyl/N-ethyl adjacent to an activating group) is 1. The summed E-state index contributed by atoms with van der Waals surface area (Å²) in [5, 5.41) is 0. The number of anilines is 1. The van der Waals surface area contributed by atoms with Crippen LogP contribution in [0.2, 0.25) is 0 Å². The fourth-order valence-electron chi connectivity index (χ4n) is 3.68. The molecule has 0 aliphatic carbocycles. The average molecular weight is 336 g/mol. The molecule has 1 aromatic rings. The van der Waals surface area contributed by atoms with Crippen LogP contribution in [0.3, 0.4) is 0 Å². The van der Waals surface area contributed by atoms with E-state index in [1.165, 1.54) is 0 Å². The molecule has 0 bridgehead atoms. The lowest BCUT2D eigenvalue weighted by atomic mass is 10.0. The van der Waals surface area contributed by atoms with E-state index in [2.05, 4.69) is 4.90 Å². The molecular formula is C17H24N2O3S. The van der Waals surface area contributed by atoms with Crippen LogP contribution in [0, 0.1) is 5.92 Å². The van der Waals surface area contributed by atoms with Crippen molar-refractivity contribution in [3.8, 4) is 0 Å². The van der Waals surface area contributed by atoms with Crippen LogP contribution >= 0.6 is 0 Å². The molecule has 2 saturated heterocycles. The Morgan fingerprint density at radius 2 is 1.96 bits per heavy atom. The van der Waals surface area contributed by atoms with Crippen molar-refractivity contribution in [1.29, 1.82) is 0 Å². The summed E-state index contributed by atoms with van der Waals surface area (Å²) >= 11 is 0. The number of benzene rings is 1. The summed E-state index contributed by atoms with van der Waals surface area (Å²) in [7, 11) is -0.915. The summed E-state index contributed by atoms with van der Waals surface area (Å²) in [6, 6.07) is 9.61. The number of para-hydroxylation sites is 1. The molecule has 6 heteroatoms. The van der Waals surface area contributed by atoms with Gasteiger partial charge in [-0.1, -0.05) is 18.2 Å². The Bertz CT molecular complexity index is 660. The van der Waals surface area contributed by atoms with Crippen LogP contribution in [0.5, 0.6) is 0 Å². The van der Waals surface area contributed by atoms with Crippen molar-refractivity contribution in [3.05, 3.63) is 30.3 Å². The van der Waals surface area contributed by atoms with Gasteiger partial charge in [-0.2, -0.15) is 0 Å². The first-order valence-electron chi connectivity index (χ1n) is 8.23. The van der Waals surface area contributed by atoms with Crippen molar-refractivity contribution in [2.24, 2.45) is 5.92 Å². The molecule has 5 nitrogen and oxygen atoms in total. The van der Waals surface area contributed by atoms with Crippen molar-refractivity contribution in [1.82, 2.24) is 4.90 Å². The van der Waals surface area contributed by atoms with E-state index in [-0.39, 0.29) is 23.6 Å². The molecule has 0 aromatic heterocycles. The second kappa shape index (κ2) is 6.61. The quantitative estimate of drug-likeness (QED) is 0.837. The van der Waals surface area contributed by atoms with Gasteiger partial charge in [-0.25, -0.2) is 8.42 Å². The Hall–Kier alpha value is -1.40. The molecule has 2 atom stereocenters.